The molecule has 0 radical (unpaired) electrons. The van der Waals surface area contributed by atoms with Crippen LogP contribution in [0.5, 0.6) is 0 Å². The van der Waals surface area contributed by atoms with Gasteiger partial charge >= 0.3 is 0 Å². The summed E-state index contributed by atoms with van der Waals surface area (Å²) in [6.45, 7) is 7.11. The standard InChI is InChI=1S/C22H34N8O.HI/c1-17-27-28-21(29(17)2)15-25-22(24-14-20-7-5-13-31-20)26-18-8-11-30(12-9-18)16-19-6-3-4-10-23-19;/h3-4,6,10,18,20H,5,7-9,11-16H2,1-2H3,(H2,24,25,26);1H. The van der Waals surface area contributed by atoms with E-state index in [1.54, 1.807) is 0 Å². The largest absolute Gasteiger partial charge is 0.376 e. The summed E-state index contributed by atoms with van der Waals surface area (Å²) in [5, 5.41) is 15.5. The maximum absolute atomic E-state index is 5.76. The van der Waals surface area contributed by atoms with Gasteiger partial charge in [-0.25, -0.2) is 4.99 Å². The van der Waals surface area contributed by atoms with E-state index >= 15 is 0 Å². The molecule has 2 aliphatic rings. The van der Waals surface area contributed by atoms with Crippen molar-refractivity contribution in [2.75, 3.05) is 26.2 Å². The van der Waals surface area contributed by atoms with Gasteiger partial charge in [-0.2, -0.15) is 0 Å². The Kier molecular flexibility index (Phi) is 9.67. The van der Waals surface area contributed by atoms with Crippen molar-refractivity contribution in [3.8, 4) is 0 Å². The number of rotatable bonds is 7. The van der Waals surface area contributed by atoms with E-state index in [4.69, 9.17) is 9.73 Å². The molecule has 2 aliphatic heterocycles. The van der Waals surface area contributed by atoms with Gasteiger partial charge in [0.2, 0.25) is 0 Å². The lowest BCUT2D eigenvalue weighted by Gasteiger charge is -2.33. The Labute approximate surface area is 207 Å². The molecule has 10 heteroatoms. The lowest BCUT2D eigenvalue weighted by molar-refractivity contribution is 0.113. The number of halogens is 1. The van der Waals surface area contributed by atoms with E-state index in [1.807, 2.05) is 30.8 Å². The van der Waals surface area contributed by atoms with E-state index in [1.165, 1.54) is 0 Å². The number of nitrogens with zero attached hydrogens (tertiary/aromatic N) is 6. The van der Waals surface area contributed by atoms with Gasteiger partial charge in [-0.15, -0.1) is 34.2 Å². The first-order valence-corrected chi connectivity index (χ1v) is 11.3. The van der Waals surface area contributed by atoms with Gasteiger partial charge < -0.3 is 19.9 Å². The molecule has 0 amide bonds. The topological polar surface area (TPSA) is 92.5 Å². The molecule has 9 nitrogen and oxygen atoms in total. The normalized spacial score (nSPS) is 20.2. The first-order chi connectivity index (χ1) is 15.2. The fourth-order valence-electron chi connectivity index (χ4n) is 4.06. The number of aryl methyl sites for hydroxylation is 1. The molecule has 176 valence electrons. The zero-order valence-corrected chi connectivity index (χ0v) is 21.4. The second-order valence-corrected chi connectivity index (χ2v) is 8.42. The molecule has 2 fully saturated rings. The molecule has 2 aromatic heterocycles. The molecule has 4 heterocycles. The summed E-state index contributed by atoms with van der Waals surface area (Å²) in [4.78, 5) is 11.7. The highest BCUT2D eigenvalue weighted by atomic mass is 127. The van der Waals surface area contributed by atoms with Crippen LogP contribution >= 0.6 is 24.0 Å². The fraction of sp³-hybridized carbons (Fsp3) is 0.636. The molecular weight excluding hydrogens is 519 g/mol. The molecule has 32 heavy (non-hydrogen) atoms. The Balaban J connectivity index is 0.00000289. The second kappa shape index (κ2) is 12.4. The van der Waals surface area contributed by atoms with E-state index in [-0.39, 0.29) is 30.1 Å². The van der Waals surface area contributed by atoms with Crippen LogP contribution in [0.1, 0.15) is 43.0 Å². The summed E-state index contributed by atoms with van der Waals surface area (Å²) in [6, 6.07) is 6.51. The monoisotopic (exact) mass is 554 g/mol. The van der Waals surface area contributed by atoms with Gasteiger partial charge in [0.15, 0.2) is 11.8 Å². The molecule has 1 atom stereocenters. The SMILES string of the molecule is Cc1nnc(CN=C(NCC2CCCO2)NC2CCN(Cc3ccccn3)CC2)n1C.I. The molecule has 4 rings (SSSR count). The highest BCUT2D eigenvalue weighted by molar-refractivity contribution is 14.0. The number of ether oxygens (including phenoxy) is 1. The van der Waals surface area contributed by atoms with E-state index in [0.29, 0.717) is 12.6 Å². The molecule has 2 saturated heterocycles. The Bertz CT molecular complexity index is 845. The predicted octanol–water partition coefficient (Wildman–Crippen LogP) is 2.02. The molecule has 0 bridgehead atoms. The van der Waals surface area contributed by atoms with E-state index in [2.05, 4.69) is 42.8 Å². The van der Waals surface area contributed by atoms with Crippen molar-refractivity contribution in [1.29, 1.82) is 0 Å². The third kappa shape index (κ3) is 7.11. The number of likely N-dealkylation sites (tertiary alicyclic amines) is 1. The van der Waals surface area contributed by atoms with Crippen molar-refractivity contribution in [3.63, 3.8) is 0 Å². The van der Waals surface area contributed by atoms with Crippen molar-refractivity contribution in [2.45, 2.75) is 57.8 Å². The second-order valence-electron chi connectivity index (χ2n) is 8.42. The average molecular weight is 554 g/mol. The maximum atomic E-state index is 5.76. The first kappa shape index (κ1) is 24.8. The van der Waals surface area contributed by atoms with Gasteiger partial charge in [0.1, 0.15) is 12.4 Å². The number of hydrogen-bond acceptors (Lipinski definition) is 6. The number of hydrogen-bond donors (Lipinski definition) is 2. The van der Waals surface area contributed by atoms with E-state index < -0.39 is 0 Å². The quantitative estimate of drug-likeness (QED) is 0.308. The molecule has 0 saturated carbocycles. The zero-order valence-electron chi connectivity index (χ0n) is 19.0. The third-order valence-electron chi connectivity index (χ3n) is 6.12. The van der Waals surface area contributed by atoms with Gasteiger partial charge in [-0.05, 0) is 44.7 Å². The number of aromatic nitrogens is 4. The Morgan fingerprint density at radius 3 is 2.72 bits per heavy atom. The number of aliphatic imine (C=N–C) groups is 1. The maximum Gasteiger partial charge on any atom is 0.192 e. The van der Waals surface area contributed by atoms with Crippen LogP contribution < -0.4 is 10.6 Å². The predicted molar refractivity (Wildman–Crippen MR) is 135 cm³/mol. The van der Waals surface area contributed by atoms with Gasteiger partial charge in [0.05, 0.1) is 11.8 Å². The third-order valence-corrected chi connectivity index (χ3v) is 6.12. The summed E-state index contributed by atoms with van der Waals surface area (Å²) in [7, 11) is 1.98. The molecule has 0 aromatic carbocycles. The van der Waals surface area contributed by atoms with Crippen molar-refractivity contribution in [2.24, 2.45) is 12.0 Å². The summed E-state index contributed by atoms with van der Waals surface area (Å²) >= 11 is 0. The van der Waals surface area contributed by atoms with Gasteiger partial charge in [0.25, 0.3) is 0 Å². The minimum absolute atomic E-state index is 0. The highest BCUT2D eigenvalue weighted by Gasteiger charge is 2.21. The molecular formula is C22H35IN8O. The van der Waals surface area contributed by atoms with Crippen LogP contribution in [0.4, 0.5) is 0 Å². The van der Waals surface area contributed by atoms with Gasteiger partial charge in [-0.1, -0.05) is 6.07 Å². The Morgan fingerprint density at radius 1 is 1.22 bits per heavy atom. The molecule has 2 aromatic rings. The van der Waals surface area contributed by atoms with Crippen LogP contribution in [0.3, 0.4) is 0 Å². The van der Waals surface area contributed by atoms with Crippen LogP contribution in [0, 0.1) is 6.92 Å². The molecule has 1 unspecified atom stereocenters. The van der Waals surface area contributed by atoms with Crippen LogP contribution in [0.15, 0.2) is 29.4 Å². The lowest BCUT2D eigenvalue weighted by atomic mass is 10.0. The highest BCUT2D eigenvalue weighted by Crippen LogP contribution is 2.14. The Hall–Kier alpha value is -1.79. The Morgan fingerprint density at radius 2 is 2.06 bits per heavy atom. The zero-order chi connectivity index (χ0) is 21.5. The minimum Gasteiger partial charge on any atom is -0.376 e. The van der Waals surface area contributed by atoms with Crippen molar-refractivity contribution in [3.05, 3.63) is 41.7 Å². The number of nitrogens with one attached hydrogen (secondary N) is 2. The smallest absolute Gasteiger partial charge is 0.192 e. The molecule has 0 aliphatic carbocycles. The van der Waals surface area contributed by atoms with Crippen LogP contribution in [0.25, 0.3) is 0 Å². The first-order valence-electron chi connectivity index (χ1n) is 11.3. The summed E-state index contributed by atoms with van der Waals surface area (Å²) in [6.07, 6.45) is 6.54. The summed E-state index contributed by atoms with van der Waals surface area (Å²) < 4.78 is 7.75. The van der Waals surface area contributed by atoms with Crippen LogP contribution in [-0.4, -0.2) is 69.0 Å². The van der Waals surface area contributed by atoms with Crippen LogP contribution in [-0.2, 0) is 24.9 Å². The number of piperidine rings is 1. The van der Waals surface area contributed by atoms with E-state index in [9.17, 15) is 0 Å². The summed E-state index contributed by atoms with van der Waals surface area (Å²) in [5.41, 5.74) is 1.13. The van der Waals surface area contributed by atoms with E-state index in [0.717, 1.165) is 81.8 Å². The van der Waals surface area contributed by atoms with Crippen molar-refractivity contribution in [1.82, 2.24) is 35.3 Å². The molecule has 0 spiro atoms. The van der Waals surface area contributed by atoms with Crippen molar-refractivity contribution < 1.29 is 4.74 Å². The van der Waals surface area contributed by atoms with Gasteiger partial charge in [-0.3, -0.25) is 9.88 Å². The van der Waals surface area contributed by atoms with Gasteiger partial charge in [0, 0.05) is 52.1 Å². The number of pyridine rings is 1. The minimum atomic E-state index is 0. The fourth-order valence-corrected chi connectivity index (χ4v) is 4.06. The van der Waals surface area contributed by atoms with Crippen LogP contribution in [0.2, 0.25) is 0 Å². The average Bonchev–Trinajstić information content (AvgIpc) is 3.43. The lowest BCUT2D eigenvalue weighted by Crippen LogP contribution is -2.49. The number of guanidine groups is 1. The van der Waals surface area contributed by atoms with Crippen molar-refractivity contribution >= 4 is 29.9 Å². The molecule has 2 N–H and O–H groups in total. The summed E-state index contributed by atoms with van der Waals surface area (Å²) in [5.74, 6) is 2.59.